The Balaban J connectivity index is 1.41. The zero-order valence-corrected chi connectivity index (χ0v) is 17.9. The molecule has 8 heteroatoms. The number of halogens is 1. The number of ether oxygens (including phenoxy) is 1. The second-order valence-corrected chi connectivity index (χ2v) is 7.67. The summed E-state index contributed by atoms with van der Waals surface area (Å²) in [5.74, 6) is 1.18. The fourth-order valence-corrected chi connectivity index (χ4v) is 3.61. The molecule has 7 nitrogen and oxygen atoms in total. The Bertz CT molecular complexity index is 1460. The van der Waals surface area contributed by atoms with Crippen LogP contribution in [0.1, 0.15) is 11.5 Å². The summed E-state index contributed by atoms with van der Waals surface area (Å²) in [5.41, 5.74) is 2.76. The number of hydrogen-bond donors (Lipinski definition) is 0. The van der Waals surface area contributed by atoms with Crippen LogP contribution in [0, 0.1) is 6.92 Å². The first-order valence-electron chi connectivity index (χ1n) is 9.97. The molecule has 158 valence electrons. The summed E-state index contributed by atoms with van der Waals surface area (Å²) >= 11 is 5.93. The highest BCUT2D eigenvalue weighted by atomic mass is 35.5. The Morgan fingerprint density at radius 2 is 1.75 bits per heavy atom. The van der Waals surface area contributed by atoms with Crippen molar-refractivity contribution in [3.63, 3.8) is 0 Å². The minimum atomic E-state index is -0.141. The van der Waals surface area contributed by atoms with Crippen molar-refractivity contribution >= 4 is 22.5 Å². The van der Waals surface area contributed by atoms with Gasteiger partial charge in [0.1, 0.15) is 23.9 Å². The molecule has 0 bridgehead atoms. The van der Waals surface area contributed by atoms with Crippen molar-refractivity contribution in [1.29, 1.82) is 0 Å². The molecule has 3 aromatic carbocycles. The molecule has 2 heterocycles. The number of aromatic nitrogens is 5. The maximum absolute atomic E-state index is 13.2. The van der Waals surface area contributed by atoms with Crippen LogP contribution in [0.25, 0.3) is 22.3 Å². The lowest BCUT2D eigenvalue weighted by molar-refractivity contribution is 0.301. The third-order valence-corrected chi connectivity index (χ3v) is 5.29. The van der Waals surface area contributed by atoms with Crippen molar-refractivity contribution in [2.75, 3.05) is 0 Å². The minimum absolute atomic E-state index is 0.141. The molecule has 0 aliphatic rings. The van der Waals surface area contributed by atoms with Crippen molar-refractivity contribution in [3.05, 3.63) is 106 Å². The number of hydrogen-bond acceptors (Lipinski definition) is 5. The molecule has 2 aromatic heterocycles. The molecule has 32 heavy (non-hydrogen) atoms. The van der Waals surface area contributed by atoms with Gasteiger partial charge in [0.05, 0.1) is 28.5 Å². The lowest BCUT2D eigenvalue weighted by Gasteiger charge is -2.11. The molecular weight excluding hydrogens is 426 g/mol. The van der Waals surface area contributed by atoms with E-state index in [1.165, 1.54) is 0 Å². The molecule has 0 aliphatic carbocycles. The fourth-order valence-electron chi connectivity index (χ4n) is 3.49. The smallest absolute Gasteiger partial charge is 0.266 e. The number of para-hydroxylation sites is 1. The number of nitrogens with zero attached hydrogens (tertiary/aromatic N) is 5. The van der Waals surface area contributed by atoms with Gasteiger partial charge in [0.2, 0.25) is 0 Å². The molecule has 0 N–H and O–H groups in total. The third kappa shape index (κ3) is 3.86. The van der Waals surface area contributed by atoms with E-state index >= 15 is 0 Å². The summed E-state index contributed by atoms with van der Waals surface area (Å²) in [5, 5.41) is 9.42. The largest absolute Gasteiger partial charge is 0.487 e. The van der Waals surface area contributed by atoms with Crippen LogP contribution in [0.4, 0.5) is 0 Å². The topological polar surface area (TPSA) is 74.8 Å². The molecule has 0 unspecified atom stereocenters. The quantitative estimate of drug-likeness (QED) is 0.399. The Morgan fingerprint density at radius 1 is 0.969 bits per heavy atom. The van der Waals surface area contributed by atoms with E-state index in [4.69, 9.17) is 16.3 Å². The van der Waals surface area contributed by atoms with Gasteiger partial charge in [-0.2, -0.15) is 0 Å². The highest BCUT2D eigenvalue weighted by Gasteiger charge is 2.11. The minimum Gasteiger partial charge on any atom is -0.487 e. The first kappa shape index (κ1) is 20.0. The average Bonchev–Trinajstić information content (AvgIpc) is 3.28. The molecule has 0 saturated carbocycles. The van der Waals surface area contributed by atoms with E-state index < -0.39 is 0 Å². The predicted molar refractivity (Wildman–Crippen MR) is 123 cm³/mol. The molecule has 0 aliphatic heterocycles. The number of fused-ring (bicyclic) bond motifs is 1. The first-order chi connectivity index (χ1) is 15.6. The van der Waals surface area contributed by atoms with Gasteiger partial charge in [-0.1, -0.05) is 35.0 Å². The summed E-state index contributed by atoms with van der Waals surface area (Å²) in [6.07, 6.45) is 1.79. The molecule has 5 rings (SSSR count). The number of benzene rings is 3. The van der Waals surface area contributed by atoms with Gasteiger partial charge in [-0.05, 0) is 61.5 Å². The number of aryl methyl sites for hydroxylation is 1. The van der Waals surface area contributed by atoms with E-state index in [1.807, 2.05) is 49.4 Å². The average molecular weight is 444 g/mol. The van der Waals surface area contributed by atoms with E-state index in [9.17, 15) is 4.79 Å². The summed E-state index contributed by atoms with van der Waals surface area (Å²) in [6.45, 7) is 2.04. The van der Waals surface area contributed by atoms with Crippen LogP contribution in [0.15, 0.2) is 83.8 Å². The molecule has 5 aromatic rings. The monoisotopic (exact) mass is 443 g/mol. The Labute approximate surface area is 188 Å². The molecule has 0 fully saturated rings. The van der Waals surface area contributed by atoms with Gasteiger partial charge in [0, 0.05) is 5.02 Å². The van der Waals surface area contributed by atoms with Gasteiger partial charge >= 0.3 is 0 Å². The Hall–Kier alpha value is -3.97. The first-order valence-corrected chi connectivity index (χ1v) is 10.3. The molecule has 0 atom stereocenters. The molecule has 0 radical (unpaired) electrons. The van der Waals surface area contributed by atoms with Gasteiger partial charge in [-0.3, -0.25) is 9.36 Å². The van der Waals surface area contributed by atoms with Crippen molar-refractivity contribution in [1.82, 2.24) is 24.5 Å². The highest BCUT2D eigenvalue weighted by molar-refractivity contribution is 6.30. The van der Waals surface area contributed by atoms with Crippen molar-refractivity contribution in [2.24, 2.45) is 0 Å². The van der Waals surface area contributed by atoms with Crippen LogP contribution in [-0.4, -0.2) is 24.5 Å². The van der Waals surface area contributed by atoms with Crippen LogP contribution in [0.3, 0.4) is 0 Å². The lowest BCUT2D eigenvalue weighted by atomic mass is 10.2. The zero-order chi connectivity index (χ0) is 22.1. The second-order valence-electron chi connectivity index (χ2n) is 7.23. The van der Waals surface area contributed by atoms with Crippen LogP contribution < -0.4 is 10.3 Å². The van der Waals surface area contributed by atoms with Crippen LogP contribution >= 0.6 is 11.6 Å². The van der Waals surface area contributed by atoms with Gasteiger partial charge in [-0.25, -0.2) is 9.67 Å². The molecular formula is C24H18ClN5O2. The van der Waals surface area contributed by atoms with E-state index in [1.54, 1.807) is 45.8 Å². The standard InChI is InChI=1S/C24H18ClN5O2/c1-16-26-23-12-11-21(13-22(23)24(31)30(16)20-5-3-2-4-6-20)32-15-18-14-29(28-27-18)19-9-7-17(25)8-10-19/h2-14H,15H2,1H3. The van der Waals surface area contributed by atoms with Crippen LogP contribution in [0.5, 0.6) is 5.75 Å². The fraction of sp³-hybridized carbons (Fsp3) is 0.0833. The number of rotatable bonds is 5. The van der Waals surface area contributed by atoms with Crippen molar-refractivity contribution < 1.29 is 4.74 Å². The Kier molecular flexibility index (Phi) is 5.17. The van der Waals surface area contributed by atoms with Crippen LogP contribution in [0.2, 0.25) is 5.02 Å². The summed E-state index contributed by atoms with van der Waals surface area (Å²) in [7, 11) is 0. The van der Waals surface area contributed by atoms with E-state index in [-0.39, 0.29) is 12.2 Å². The maximum atomic E-state index is 13.2. The van der Waals surface area contributed by atoms with Gasteiger partial charge in [0.15, 0.2) is 0 Å². The normalized spacial score (nSPS) is 11.1. The summed E-state index contributed by atoms with van der Waals surface area (Å²) < 4.78 is 9.14. The van der Waals surface area contributed by atoms with E-state index in [0.717, 1.165) is 11.4 Å². The van der Waals surface area contributed by atoms with E-state index in [0.29, 0.717) is 33.2 Å². The molecule has 0 spiro atoms. The molecule has 0 saturated heterocycles. The third-order valence-electron chi connectivity index (χ3n) is 5.04. The summed E-state index contributed by atoms with van der Waals surface area (Å²) in [6, 6.07) is 22.1. The van der Waals surface area contributed by atoms with Crippen molar-refractivity contribution in [3.8, 4) is 17.1 Å². The van der Waals surface area contributed by atoms with E-state index in [2.05, 4.69) is 15.3 Å². The SMILES string of the molecule is Cc1nc2ccc(OCc3cn(-c4ccc(Cl)cc4)nn3)cc2c(=O)n1-c1ccccc1. The summed E-state index contributed by atoms with van der Waals surface area (Å²) in [4.78, 5) is 17.8. The van der Waals surface area contributed by atoms with Gasteiger partial charge in [-0.15, -0.1) is 5.10 Å². The van der Waals surface area contributed by atoms with Gasteiger partial charge < -0.3 is 4.74 Å². The van der Waals surface area contributed by atoms with Crippen molar-refractivity contribution in [2.45, 2.75) is 13.5 Å². The second kappa shape index (κ2) is 8.28. The predicted octanol–water partition coefficient (Wildman–Crippen LogP) is 4.51. The highest BCUT2D eigenvalue weighted by Crippen LogP contribution is 2.20. The Morgan fingerprint density at radius 3 is 2.53 bits per heavy atom. The lowest BCUT2D eigenvalue weighted by Crippen LogP contribution is -2.22. The maximum Gasteiger partial charge on any atom is 0.266 e. The zero-order valence-electron chi connectivity index (χ0n) is 17.1. The van der Waals surface area contributed by atoms with Gasteiger partial charge in [0.25, 0.3) is 5.56 Å². The molecule has 0 amide bonds. The van der Waals surface area contributed by atoms with Crippen LogP contribution in [-0.2, 0) is 6.61 Å².